The summed E-state index contributed by atoms with van der Waals surface area (Å²) in [6.07, 6.45) is 0. The quantitative estimate of drug-likeness (QED) is 0.280. The number of nitrogens with zero attached hydrogens (tertiary/aromatic N) is 2. The van der Waals surface area contributed by atoms with E-state index in [0.29, 0.717) is 45.9 Å². The fourth-order valence-corrected chi connectivity index (χ4v) is 8.18. The molecule has 0 fully saturated rings. The van der Waals surface area contributed by atoms with E-state index in [-0.39, 0.29) is 57.1 Å². The summed E-state index contributed by atoms with van der Waals surface area (Å²) in [7, 11) is -7.50. The first-order chi connectivity index (χ1) is 23.4. The van der Waals surface area contributed by atoms with Gasteiger partial charge in [-0.2, -0.15) is 8.61 Å². The summed E-state index contributed by atoms with van der Waals surface area (Å²) in [5.74, 6) is -0.908. The van der Waals surface area contributed by atoms with Crippen LogP contribution in [0.2, 0.25) is 0 Å². The van der Waals surface area contributed by atoms with Crippen LogP contribution in [0.4, 0.5) is 0 Å². The average molecular weight is 720 g/mol. The zero-order chi connectivity index (χ0) is 35.8. The fourth-order valence-electron chi connectivity index (χ4n) is 5.18. The molecule has 2 N–H and O–H groups in total. The molecule has 2 aliphatic rings. The predicted molar refractivity (Wildman–Crippen MR) is 180 cm³/mol. The normalized spacial score (nSPS) is 13.8. The Labute approximate surface area is 286 Å². The molecular weight excluding hydrogens is 679 g/mol. The van der Waals surface area contributed by atoms with Gasteiger partial charge in [0.2, 0.25) is 20.0 Å². The molecule has 0 bridgehead atoms. The molecule has 1 amide bonds. The molecule has 0 radical (unpaired) electrons. The second-order valence-corrected chi connectivity index (χ2v) is 14.5. The first-order valence-corrected chi connectivity index (χ1v) is 18.7. The molecule has 0 atom stereocenters. The van der Waals surface area contributed by atoms with Gasteiger partial charge in [-0.1, -0.05) is 58.0 Å². The van der Waals surface area contributed by atoms with Crippen molar-refractivity contribution in [2.24, 2.45) is 0 Å². The van der Waals surface area contributed by atoms with Crippen LogP contribution in [0.1, 0.15) is 54.0 Å². The summed E-state index contributed by atoms with van der Waals surface area (Å²) in [4.78, 5) is 24.1. The highest BCUT2D eigenvalue weighted by Crippen LogP contribution is 2.38. The van der Waals surface area contributed by atoms with Gasteiger partial charge in [0, 0.05) is 44.9 Å². The molecule has 2 aliphatic heterocycles. The van der Waals surface area contributed by atoms with E-state index < -0.39 is 31.9 Å². The third-order valence-corrected chi connectivity index (χ3v) is 11.7. The molecule has 0 aliphatic carbocycles. The van der Waals surface area contributed by atoms with Crippen molar-refractivity contribution in [2.45, 2.75) is 44.0 Å². The van der Waals surface area contributed by atoms with Gasteiger partial charge in [0.1, 0.15) is 32.0 Å². The number of rotatable bonds is 12. The largest absolute Gasteiger partial charge is 0.486 e. The van der Waals surface area contributed by atoms with E-state index in [1.807, 2.05) is 30.3 Å². The van der Waals surface area contributed by atoms with Gasteiger partial charge in [-0.05, 0) is 17.7 Å². The first kappa shape index (κ1) is 37.4. The van der Waals surface area contributed by atoms with Gasteiger partial charge in [-0.3, -0.25) is 4.79 Å². The van der Waals surface area contributed by atoms with E-state index in [4.69, 9.17) is 18.9 Å². The van der Waals surface area contributed by atoms with Gasteiger partial charge < -0.3 is 29.4 Å². The van der Waals surface area contributed by atoms with E-state index in [1.54, 1.807) is 27.7 Å². The van der Waals surface area contributed by atoms with Gasteiger partial charge in [0.25, 0.3) is 5.91 Å². The van der Waals surface area contributed by atoms with Crippen LogP contribution >= 0.6 is 0 Å². The summed E-state index contributed by atoms with van der Waals surface area (Å²) in [6, 6.07) is 14.7. The Morgan fingerprint density at radius 3 is 1.55 bits per heavy atom. The lowest BCUT2D eigenvalue weighted by atomic mass is 10.1. The van der Waals surface area contributed by atoms with Crippen molar-refractivity contribution in [3.63, 3.8) is 0 Å². The van der Waals surface area contributed by atoms with Gasteiger partial charge in [0.15, 0.2) is 23.0 Å². The molecule has 0 spiro atoms. The van der Waals surface area contributed by atoms with E-state index in [1.165, 1.54) is 26.8 Å². The lowest BCUT2D eigenvalue weighted by Gasteiger charge is -2.24. The number of amides is 1. The Hall–Kier alpha value is -4.38. The Balaban J connectivity index is 0.000000230. The molecule has 0 aromatic heterocycles. The van der Waals surface area contributed by atoms with E-state index in [9.17, 15) is 31.5 Å². The lowest BCUT2D eigenvalue weighted by Crippen LogP contribution is -2.31. The highest BCUT2D eigenvalue weighted by Gasteiger charge is 2.30. The molecule has 0 saturated heterocycles. The Kier molecular flexibility index (Phi) is 12.5. The van der Waals surface area contributed by atoms with Gasteiger partial charge in [-0.15, -0.1) is 0 Å². The molecule has 14 nitrogen and oxygen atoms in total. The second kappa shape index (κ2) is 16.3. The van der Waals surface area contributed by atoms with Crippen LogP contribution in [0.25, 0.3) is 0 Å². The number of hydrogen-bond donors (Lipinski definition) is 2. The Morgan fingerprint density at radius 2 is 1.10 bits per heavy atom. The predicted octanol–water partition coefficient (Wildman–Crippen LogP) is 3.60. The number of carbonyl (C=O) groups excluding carboxylic acids is 1. The summed E-state index contributed by atoms with van der Waals surface area (Å²) >= 11 is 0. The number of aromatic carboxylic acids is 1. The van der Waals surface area contributed by atoms with Crippen molar-refractivity contribution in [3.8, 4) is 23.0 Å². The van der Waals surface area contributed by atoms with Crippen molar-refractivity contribution >= 4 is 31.9 Å². The van der Waals surface area contributed by atoms with Crippen molar-refractivity contribution < 1.29 is 50.5 Å². The summed E-state index contributed by atoms with van der Waals surface area (Å²) in [5, 5.41) is 12.1. The zero-order valence-electron chi connectivity index (χ0n) is 27.8. The van der Waals surface area contributed by atoms with E-state index in [0.717, 1.165) is 11.6 Å². The van der Waals surface area contributed by atoms with Crippen LogP contribution in [0.5, 0.6) is 23.0 Å². The molecule has 5 rings (SSSR count). The van der Waals surface area contributed by atoms with Gasteiger partial charge in [-0.25, -0.2) is 21.6 Å². The van der Waals surface area contributed by atoms with Crippen LogP contribution in [0.3, 0.4) is 0 Å². The number of nitrogens with one attached hydrogen (secondary N) is 1. The molecule has 3 aromatic carbocycles. The Bertz CT molecular complexity index is 1860. The molecule has 0 unspecified atom stereocenters. The number of ether oxygens (including phenoxy) is 4. The number of carboxylic acid groups (broad SMARTS) is 1. The minimum absolute atomic E-state index is 0.0188. The van der Waals surface area contributed by atoms with E-state index in [2.05, 4.69) is 5.32 Å². The highest BCUT2D eigenvalue weighted by molar-refractivity contribution is 7.89. The summed E-state index contributed by atoms with van der Waals surface area (Å²) in [6.45, 7) is 9.66. The van der Waals surface area contributed by atoms with Crippen molar-refractivity contribution in [3.05, 3.63) is 71.3 Å². The van der Waals surface area contributed by atoms with Crippen LogP contribution < -0.4 is 24.3 Å². The van der Waals surface area contributed by atoms with Crippen molar-refractivity contribution in [2.75, 3.05) is 52.6 Å². The van der Waals surface area contributed by atoms with Crippen LogP contribution in [0.15, 0.2) is 64.4 Å². The fraction of sp³-hybridized carbons (Fsp3) is 0.394. The minimum Gasteiger partial charge on any atom is -0.486 e. The molecule has 266 valence electrons. The standard InChI is InChI=1S/C20H24N2O5S.C13H17NO6S/c1-3-22(4-2)28(24,25)16-12-17(19-18(13-16)26-10-11-27-19)20(23)21-14-15-8-6-5-7-9-15;1-3-14(4-2)21(17,18)9-7-10(13(15)16)12-11(8-9)19-5-6-20-12/h5-9,12-13H,3-4,10-11,14H2,1-2H3,(H,21,23);7-8H,3-6H2,1-2H3,(H,15,16). The number of hydrogen-bond acceptors (Lipinski definition) is 10. The molecular formula is C33H41N3O11S2. The van der Waals surface area contributed by atoms with Crippen molar-refractivity contribution in [1.29, 1.82) is 0 Å². The number of fused-ring (bicyclic) bond motifs is 2. The maximum Gasteiger partial charge on any atom is 0.339 e. The number of carbonyl (C=O) groups is 2. The average Bonchev–Trinajstić information content (AvgIpc) is 3.11. The maximum atomic E-state index is 12.9. The highest BCUT2D eigenvalue weighted by atomic mass is 32.2. The topological polar surface area (TPSA) is 178 Å². The molecule has 0 saturated carbocycles. The Morgan fingerprint density at radius 1 is 0.673 bits per heavy atom. The summed E-state index contributed by atoms with van der Waals surface area (Å²) < 4.78 is 75.2. The third kappa shape index (κ3) is 8.44. The minimum atomic E-state index is -3.76. The van der Waals surface area contributed by atoms with Crippen LogP contribution in [-0.4, -0.2) is 95.0 Å². The van der Waals surface area contributed by atoms with Crippen LogP contribution in [-0.2, 0) is 26.6 Å². The van der Waals surface area contributed by atoms with Gasteiger partial charge in [0.05, 0.1) is 15.4 Å². The number of carboxylic acids is 1. The van der Waals surface area contributed by atoms with Crippen molar-refractivity contribution in [1.82, 2.24) is 13.9 Å². The summed E-state index contributed by atoms with van der Waals surface area (Å²) in [5.41, 5.74) is 0.880. The monoisotopic (exact) mass is 719 g/mol. The molecule has 2 heterocycles. The first-order valence-electron chi connectivity index (χ1n) is 15.8. The zero-order valence-corrected chi connectivity index (χ0v) is 29.4. The number of benzene rings is 3. The smallest absolute Gasteiger partial charge is 0.339 e. The molecule has 16 heteroatoms. The van der Waals surface area contributed by atoms with Crippen LogP contribution in [0, 0.1) is 0 Å². The molecule has 3 aromatic rings. The lowest BCUT2D eigenvalue weighted by molar-refractivity contribution is 0.0685. The van der Waals surface area contributed by atoms with E-state index >= 15 is 0 Å². The second-order valence-electron chi connectivity index (χ2n) is 10.6. The van der Waals surface area contributed by atoms with Gasteiger partial charge >= 0.3 is 5.97 Å². The third-order valence-electron chi connectivity index (χ3n) is 7.69. The maximum absolute atomic E-state index is 12.9. The number of sulfonamides is 2. The SMILES string of the molecule is CCN(CC)S(=O)(=O)c1cc2c(c(C(=O)NCc3ccccc3)c1)OCCO2.CCN(CC)S(=O)(=O)c1cc2c(c(C(=O)O)c1)OCCO2. The molecule has 49 heavy (non-hydrogen) atoms.